The van der Waals surface area contributed by atoms with Crippen LogP contribution < -0.4 is 10.6 Å². The summed E-state index contributed by atoms with van der Waals surface area (Å²) in [6, 6.07) is 21.3. The van der Waals surface area contributed by atoms with E-state index in [9.17, 15) is 4.79 Å². The zero-order valence-corrected chi connectivity index (χ0v) is 15.0. The molecule has 0 aliphatic heterocycles. The molecule has 0 aliphatic rings. The lowest BCUT2D eigenvalue weighted by molar-refractivity contribution is 0.0949. The van der Waals surface area contributed by atoms with Crippen LogP contribution in [0.15, 0.2) is 72.9 Å². The normalized spacial score (nSPS) is 10.3. The van der Waals surface area contributed by atoms with Gasteiger partial charge in [-0.2, -0.15) is 0 Å². The van der Waals surface area contributed by atoms with Crippen molar-refractivity contribution in [3.63, 3.8) is 0 Å². The third kappa shape index (κ3) is 5.07. The summed E-state index contributed by atoms with van der Waals surface area (Å²) in [5, 5.41) is 6.87. The maximum absolute atomic E-state index is 12.2. The Hall–Kier alpha value is -2.85. The lowest BCUT2D eigenvalue weighted by atomic mass is 10.1. The molecule has 26 heavy (non-hydrogen) atoms. The Morgan fingerprint density at radius 1 is 0.962 bits per heavy atom. The van der Waals surface area contributed by atoms with Crippen molar-refractivity contribution in [2.75, 3.05) is 11.9 Å². The van der Waals surface area contributed by atoms with Crippen LogP contribution in [0, 0.1) is 0 Å². The van der Waals surface area contributed by atoms with Gasteiger partial charge < -0.3 is 10.6 Å². The molecule has 0 aliphatic carbocycles. The fraction of sp³-hybridized carbons (Fsp3) is 0.143. The van der Waals surface area contributed by atoms with E-state index in [1.54, 1.807) is 12.3 Å². The standard InChI is InChI=1S/C21H20ClN3O/c22-19-9-5-4-8-17(19)14-24-18-10-11-20(25-15-18)21(26)23-13-12-16-6-2-1-3-7-16/h1-11,15,24H,12-14H2,(H,23,26). The van der Waals surface area contributed by atoms with Crippen LogP contribution in [0.3, 0.4) is 0 Å². The van der Waals surface area contributed by atoms with Crippen molar-refractivity contribution in [2.45, 2.75) is 13.0 Å². The summed E-state index contributed by atoms with van der Waals surface area (Å²) in [4.78, 5) is 16.4. The number of benzene rings is 2. The molecule has 3 rings (SSSR count). The number of hydrogen-bond acceptors (Lipinski definition) is 3. The summed E-state index contributed by atoms with van der Waals surface area (Å²) < 4.78 is 0. The Bertz CT molecular complexity index is 851. The zero-order valence-electron chi connectivity index (χ0n) is 14.3. The van der Waals surface area contributed by atoms with Gasteiger partial charge in [-0.3, -0.25) is 4.79 Å². The number of carbonyl (C=O) groups excluding carboxylic acids is 1. The van der Waals surface area contributed by atoms with E-state index in [0.717, 1.165) is 22.7 Å². The number of pyridine rings is 1. The highest BCUT2D eigenvalue weighted by atomic mass is 35.5. The molecule has 3 aromatic rings. The molecule has 0 bridgehead atoms. The Morgan fingerprint density at radius 3 is 2.46 bits per heavy atom. The number of amides is 1. The number of anilines is 1. The molecule has 2 aromatic carbocycles. The van der Waals surface area contributed by atoms with Crippen molar-refractivity contribution >= 4 is 23.2 Å². The van der Waals surface area contributed by atoms with Crippen LogP contribution in [0.5, 0.6) is 0 Å². The number of nitrogens with zero attached hydrogens (tertiary/aromatic N) is 1. The first-order valence-corrected chi connectivity index (χ1v) is 8.85. The van der Waals surface area contributed by atoms with Gasteiger partial charge in [0.05, 0.1) is 11.9 Å². The van der Waals surface area contributed by atoms with Gasteiger partial charge >= 0.3 is 0 Å². The molecular formula is C21H20ClN3O. The van der Waals surface area contributed by atoms with Crippen LogP contribution in [0.2, 0.25) is 5.02 Å². The molecule has 5 heteroatoms. The lowest BCUT2D eigenvalue weighted by Gasteiger charge is -2.09. The molecule has 1 aromatic heterocycles. The topological polar surface area (TPSA) is 54.0 Å². The summed E-state index contributed by atoms with van der Waals surface area (Å²) in [6.45, 7) is 1.18. The maximum Gasteiger partial charge on any atom is 0.269 e. The summed E-state index contributed by atoms with van der Waals surface area (Å²) in [6.07, 6.45) is 2.45. The number of rotatable bonds is 7. The summed E-state index contributed by atoms with van der Waals surface area (Å²) in [5.74, 6) is -0.168. The average Bonchev–Trinajstić information content (AvgIpc) is 2.68. The Labute approximate surface area is 158 Å². The van der Waals surface area contributed by atoms with Crippen LogP contribution in [-0.2, 0) is 13.0 Å². The highest BCUT2D eigenvalue weighted by Gasteiger charge is 2.07. The summed E-state index contributed by atoms with van der Waals surface area (Å²) in [7, 11) is 0. The predicted molar refractivity (Wildman–Crippen MR) is 105 cm³/mol. The molecule has 0 radical (unpaired) electrons. The van der Waals surface area contributed by atoms with Crippen molar-refractivity contribution in [3.8, 4) is 0 Å². The van der Waals surface area contributed by atoms with Crippen molar-refractivity contribution < 1.29 is 4.79 Å². The number of nitrogens with one attached hydrogen (secondary N) is 2. The second-order valence-electron chi connectivity index (χ2n) is 5.87. The van der Waals surface area contributed by atoms with Gasteiger partial charge in [0, 0.05) is 18.1 Å². The number of carbonyl (C=O) groups is 1. The molecule has 2 N–H and O–H groups in total. The van der Waals surface area contributed by atoms with Crippen LogP contribution in [0.1, 0.15) is 21.6 Å². The van der Waals surface area contributed by atoms with Crippen LogP contribution in [-0.4, -0.2) is 17.4 Å². The van der Waals surface area contributed by atoms with E-state index in [-0.39, 0.29) is 5.91 Å². The van der Waals surface area contributed by atoms with E-state index in [0.29, 0.717) is 18.8 Å². The molecule has 0 atom stereocenters. The van der Waals surface area contributed by atoms with E-state index >= 15 is 0 Å². The first kappa shape index (κ1) is 18.0. The largest absolute Gasteiger partial charge is 0.380 e. The molecule has 0 fully saturated rings. The Morgan fingerprint density at radius 2 is 1.73 bits per heavy atom. The number of halogens is 1. The third-order valence-electron chi connectivity index (χ3n) is 3.98. The second kappa shape index (κ2) is 9.02. The Kier molecular flexibility index (Phi) is 6.23. The minimum Gasteiger partial charge on any atom is -0.380 e. The summed E-state index contributed by atoms with van der Waals surface area (Å²) >= 11 is 6.14. The predicted octanol–water partition coefficient (Wildman–Crippen LogP) is 4.32. The number of aromatic nitrogens is 1. The van der Waals surface area contributed by atoms with Crippen molar-refractivity contribution in [2.24, 2.45) is 0 Å². The molecule has 0 saturated carbocycles. The Balaban J connectivity index is 1.49. The number of hydrogen-bond donors (Lipinski definition) is 2. The molecular weight excluding hydrogens is 346 g/mol. The average molecular weight is 366 g/mol. The van der Waals surface area contributed by atoms with Crippen molar-refractivity contribution in [1.82, 2.24) is 10.3 Å². The van der Waals surface area contributed by atoms with Crippen molar-refractivity contribution in [1.29, 1.82) is 0 Å². The molecule has 1 heterocycles. The molecule has 0 spiro atoms. The van der Waals surface area contributed by atoms with Gasteiger partial charge in [-0.25, -0.2) is 4.98 Å². The molecule has 0 unspecified atom stereocenters. The van der Waals surface area contributed by atoms with Gasteiger partial charge in [-0.15, -0.1) is 0 Å². The van der Waals surface area contributed by atoms with Gasteiger partial charge in [0.15, 0.2) is 0 Å². The molecule has 0 saturated heterocycles. The van der Waals surface area contributed by atoms with E-state index in [2.05, 4.69) is 15.6 Å². The first-order chi connectivity index (χ1) is 12.7. The minimum atomic E-state index is -0.168. The van der Waals surface area contributed by atoms with E-state index < -0.39 is 0 Å². The second-order valence-corrected chi connectivity index (χ2v) is 6.28. The van der Waals surface area contributed by atoms with Crippen LogP contribution in [0.4, 0.5) is 5.69 Å². The van der Waals surface area contributed by atoms with Crippen LogP contribution >= 0.6 is 11.6 Å². The molecule has 1 amide bonds. The summed E-state index contributed by atoms with van der Waals surface area (Å²) in [5.41, 5.74) is 3.45. The van der Waals surface area contributed by atoms with Crippen LogP contribution in [0.25, 0.3) is 0 Å². The van der Waals surface area contributed by atoms with Gasteiger partial charge in [0.2, 0.25) is 0 Å². The molecule has 132 valence electrons. The smallest absolute Gasteiger partial charge is 0.269 e. The fourth-order valence-corrected chi connectivity index (χ4v) is 2.73. The highest BCUT2D eigenvalue weighted by molar-refractivity contribution is 6.31. The van der Waals surface area contributed by atoms with Gasteiger partial charge in [-0.05, 0) is 35.7 Å². The van der Waals surface area contributed by atoms with Gasteiger partial charge in [0.1, 0.15) is 5.69 Å². The highest BCUT2D eigenvalue weighted by Crippen LogP contribution is 2.16. The SMILES string of the molecule is O=C(NCCc1ccccc1)c1ccc(NCc2ccccc2Cl)cn1. The minimum absolute atomic E-state index is 0.168. The van der Waals surface area contributed by atoms with Gasteiger partial charge in [0.25, 0.3) is 5.91 Å². The van der Waals surface area contributed by atoms with E-state index in [1.807, 2.05) is 60.7 Å². The van der Waals surface area contributed by atoms with E-state index in [1.165, 1.54) is 5.56 Å². The molecule has 4 nitrogen and oxygen atoms in total. The lowest BCUT2D eigenvalue weighted by Crippen LogP contribution is -2.26. The first-order valence-electron chi connectivity index (χ1n) is 8.48. The van der Waals surface area contributed by atoms with Gasteiger partial charge in [-0.1, -0.05) is 60.1 Å². The third-order valence-corrected chi connectivity index (χ3v) is 4.35. The quantitative estimate of drug-likeness (QED) is 0.655. The van der Waals surface area contributed by atoms with Crippen molar-refractivity contribution in [3.05, 3.63) is 94.8 Å². The maximum atomic E-state index is 12.2. The monoisotopic (exact) mass is 365 g/mol. The fourth-order valence-electron chi connectivity index (χ4n) is 2.53. The zero-order chi connectivity index (χ0) is 18.2. The van der Waals surface area contributed by atoms with E-state index in [4.69, 9.17) is 11.6 Å².